The fourth-order valence-electron chi connectivity index (χ4n) is 2.18. The summed E-state index contributed by atoms with van der Waals surface area (Å²) in [6, 6.07) is 7.83. The summed E-state index contributed by atoms with van der Waals surface area (Å²) in [7, 11) is 0. The zero-order valence-electron chi connectivity index (χ0n) is 13.3. The molecule has 0 aliphatic heterocycles. The van der Waals surface area contributed by atoms with E-state index in [2.05, 4.69) is 25.1 Å². The summed E-state index contributed by atoms with van der Waals surface area (Å²) >= 11 is 0. The molecule has 0 aliphatic rings. The molecule has 1 N–H and O–H groups in total. The first kappa shape index (κ1) is 17.9. The van der Waals surface area contributed by atoms with Gasteiger partial charge in [0, 0.05) is 11.9 Å². The van der Waals surface area contributed by atoms with Crippen LogP contribution in [0, 0.1) is 11.3 Å². The molecule has 0 saturated heterocycles. The van der Waals surface area contributed by atoms with Gasteiger partial charge in [-0.25, -0.2) is 14.6 Å². The summed E-state index contributed by atoms with van der Waals surface area (Å²) in [6.45, 7) is 0. The second-order valence-electron chi connectivity index (χ2n) is 5.04. The number of nitrogens with zero attached hydrogens (tertiary/aromatic N) is 5. The van der Waals surface area contributed by atoms with Gasteiger partial charge in [0.1, 0.15) is 24.5 Å². The standard InChI is InChI=1S/C16H9F3N6O2/c17-16(18,19)27-13-4-3-11(6-10(13)7-20)24-15(26)12-2-1-5-22-14(12)25-9-21-8-23-25/h1-6,8-9H,(H,24,26). The van der Waals surface area contributed by atoms with Crippen LogP contribution < -0.4 is 10.1 Å². The Labute approximate surface area is 149 Å². The normalized spacial score (nSPS) is 10.9. The molecule has 136 valence electrons. The lowest BCUT2D eigenvalue weighted by molar-refractivity contribution is -0.274. The van der Waals surface area contributed by atoms with Crippen LogP contribution in [-0.2, 0) is 0 Å². The number of hydrogen-bond acceptors (Lipinski definition) is 6. The van der Waals surface area contributed by atoms with E-state index in [4.69, 9.17) is 5.26 Å². The molecule has 0 spiro atoms. The minimum atomic E-state index is -4.93. The fraction of sp³-hybridized carbons (Fsp3) is 0.0625. The summed E-state index contributed by atoms with van der Waals surface area (Å²) in [4.78, 5) is 20.4. The van der Waals surface area contributed by atoms with Crippen molar-refractivity contribution in [3.05, 3.63) is 60.3 Å². The molecule has 27 heavy (non-hydrogen) atoms. The zero-order valence-corrected chi connectivity index (χ0v) is 13.3. The molecule has 1 amide bonds. The summed E-state index contributed by atoms with van der Waals surface area (Å²) in [5.41, 5.74) is -0.121. The molecule has 0 aliphatic carbocycles. The number of halogens is 3. The maximum absolute atomic E-state index is 12.5. The molecule has 3 aromatic rings. The number of anilines is 1. The van der Waals surface area contributed by atoms with Crippen LogP contribution in [0.2, 0.25) is 0 Å². The van der Waals surface area contributed by atoms with E-state index in [0.717, 1.165) is 12.1 Å². The number of alkyl halides is 3. The Hall–Kier alpha value is -3.94. The zero-order chi connectivity index (χ0) is 19.4. The highest BCUT2D eigenvalue weighted by atomic mass is 19.4. The van der Waals surface area contributed by atoms with Crippen LogP contribution in [0.4, 0.5) is 18.9 Å². The van der Waals surface area contributed by atoms with Crippen LogP contribution in [0.3, 0.4) is 0 Å². The Morgan fingerprint density at radius 2 is 2.11 bits per heavy atom. The number of amides is 1. The van der Waals surface area contributed by atoms with E-state index in [1.54, 1.807) is 6.07 Å². The first-order valence-electron chi connectivity index (χ1n) is 7.28. The van der Waals surface area contributed by atoms with Crippen molar-refractivity contribution in [1.29, 1.82) is 5.26 Å². The Morgan fingerprint density at radius 3 is 2.78 bits per heavy atom. The molecule has 0 unspecified atom stereocenters. The van der Waals surface area contributed by atoms with E-state index in [1.807, 2.05) is 0 Å². The van der Waals surface area contributed by atoms with Crippen molar-refractivity contribution < 1.29 is 22.7 Å². The van der Waals surface area contributed by atoms with Gasteiger partial charge in [-0.2, -0.15) is 10.4 Å². The number of aromatic nitrogens is 4. The third kappa shape index (κ3) is 4.18. The number of nitriles is 1. The van der Waals surface area contributed by atoms with E-state index >= 15 is 0 Å². The van der Waals surface area contributed by atoms with Crippen LogP contribution in [0.25, 0.3) is 5.82 Å². The summed E-state index contributed by atoms with van der Waals surface area (Å²) in [6.07, 6.45) is -0.839. The van der Waals surface area contributed by atoms with Crippen molar-refractivity contribution >= 4 is 11.6 Å². The Balaban J connectivity index is 1.87. The molecule has 0 atom stereocenters. The Morgan fingerprint density at radius 1 is 1.30 bits per heavy atom. The first-order chi connectivity index (χ1) is 12.9. The average Bonchev–Trinajstić information content (AvgIpc) is 3.16. The number of pyridine rings is 1. The molecule has 0 fully saturated rings. The minimum Gasteiger partial charge on any atom is -0.404 e. The predicted molar refractivity (Wildman–Crippen MR) is 84.9 cm³/mol. The second kappa shape index (κ2) is 7.12. The van der Waals surface area contributed by atoms with E-state index in [1.165, 1.54) is 41.7 Å². The predicted octanol–water partition coefficient (Wildman–Crippen LogP) is 2.68. The largest absolute Gasteiger partial charge is 0.573 e. The van der Waals surface area contributed by atoms with Crippen molar-refractivity contribution in [3.63, 3.8) is 0 Å². The molecular weight excluding hydrogens is 365 g/mol. The van der Waals surface area contributed by atoms with Crippen LogP contribution in [0.15, 0.2) is 49.2 Å². The van der Waals surface area contributed by atoms with E-state index in [0.29, 0.717) is 0 Å². The van der Waals surface area contributed by atoms with Crippen LogP contribution >= 0.6 is 0 Å². The van der Waals surface area contributed by atoms with Crippen molar-refractivity contribution in [3.8, 4) is 17.6 Å². The number of hydrogen-bond donors (Lipinski definition) is 1. The van der Waals surface area contributed by atoms with Crippen LogP contribution in [0.5, 0.6) is 5.75 Å². The number of ether oxygens (including phenoxy) is 1. The minimum absolute atomic E-state index is 0.111. The number of nitrogens with one attached hydrogen (secondary N) is 1. The molecule has 2 heterocycles. The van der Waals surface area contributed by atoms with Crippen molar-refractivity contribution in [2.45, 2.75) is 6.36 Å². The molecule has 3 rings (SSSR count). The molecule has 2 aromatic heterocycles. The SMILES string of the molecule is N#Cc1cc(NC(=O)c2cccnc2-n2cncn2)ccc1OC(F)(F)F. The second-order valence-corrected chi connectivity index (χ2v) is 5.04. The van der Waals surface area contributed by atoms with Crippen molar-refractivity contribution in [1.82, 2.24) is 19.7 Å². The van der Waals surface area contributed by atoms with Crippen molar-refractivity contribution in [2.75, 3.05) is 5.32 Å². The lowest BCUT2D eigenvalue weighted by Crippen LogP contribution is -2.18. The Bertz CT molecular complexity index is 1010. The highest BCUT2D eigenvalue weighted by Crippen LogP contribution is 2.28. The Kier molecular flexibility index (Phi) is 4.71. The number of rotatable bonds is 4. The van der Waals surface area contributed by atoms with Crippen molar-refractivity contribution in [2.24, 2.45) is 0 Å². The molecule has 0 radical (unpaired) electrons. The third-order valence-electron chi connectivity index (χ3n) is 3.25. The lowest BCUT2D eigenvalue weighted by atomic mass is 10.1. The van der Waals surface area contributed by atoms with Crippen LogP contribution in [-0.4, -0.2) is 32.0 Å². The summed E-state index contributed by atoms with van der Waals surface area (Å²) < 4.78 is 42.1. The smallest absolute Gasteiger partial charge is 0.404 e. The van der Waals surface area contributed by atoms with Gasteiger partial charge in [-0.05, 0) is 30.3 Å². The van der Waals surface area contributed by atoms with Gasteiger partial charge in [-0.15, -0.1) is 13.2 Å². The van der Waals surface area contributed by atoms with Gasteiger partial charge in [0.05, 0.1) is 11.1 Å². The highest BCUT2D eigenvalue weighted by Gasteiger charge is 2.32. The van der Waals surface area contributed by atoms with Gasteiger partial charge in [0.15, 0.2) is 5.82 Å². The average molecular weight is 374 g/mol. The topological polar surface area (TPSA) is 106 Å². The maximum atomic E-state index is 12.5. The molecular formula is C16H9F3N6O2. The summed E-state index contributed by atoms with van der Waals surface area (Å²) in [5, 5.41) is 15.4. The van der Waals surface area contributed by atoms with Crippen LogP contribution in [0.1, 0.15) is 15.9 Å². The van der Waals surface area contributed by atoms with Gasteiger partial charge in [0.25, 0.3) is 5.91 Å². The van der Waals surface area contributed by atoms with Gasteiger partial charge in [-0.1, -0.05) is 0 Å². The molecule has 1 aromatic carbocycles. The maximum Gasteiger partial charge on any atom is 0.573 e. The van der Waals surface area contributed by atoms with Gasteiger partial charge < -0.3 is 10.1 Å². The van der Waals surface area contributed by atoms with E-state index in [-0.39, 0.29) is 22.6 Å². The van der Waals surface area contributed by atoms with Gasteiger partial charge in [0.2, 0.25) is 0 Å². The number of carbonyl (C=O) groups is 1. The monoisotopic (exact) mass is 374 g/mol. The molecule has 0 bridgehead atoms. The highest BCUT2D eigenvalue weighted by molar-refractivity contribution is 6.06. The fourth-order valence-corrected chi connectivity index (χ4v) is 2.18. The number of benzene rings is 1. The summed E-state index contributed by atoms with van der Waals surface area (Å²) in [5.74, 6) is -1.04. The lowest BCUT2D eigenvalue weighted by Gasteiger charge is -2.12. The molecule has 11 heteroatoms. The van der Waals surface area contributed by atoms with E-state index in [9.17, 15) is 18.0 Å². The van der Waals surface area contributed by atoms with E-state index < -0.39 is 18.0 Å². The quantitative estimate of drug-likeness (QED) is 0.753. The third-order valence-corrected chi connectivity index (χ3v) is 3.25. The first-order valence-corrected chi connectivity index (χ1v) is 7.28. The van der Waals surface area contributed by atoms with Gasteiger partial charge >= 0.3 is 6.36 Å². The molecule has 8 nitrogen and oxygen atoms in total. The molecule has 0 saturated carbocycles. The van der Waals surface area contributed by atoms with Gasteiger partial charge in [-0.3, -0.25) is 4.79 Å². The number of carbonyl (C=O) groups excluding carboxylic acids is 1.